The summed E-state index contributed by atoms with van der Waals surface area (Å²) in [5.74, 6) is -2.58. The SMILES string of the molecule is CC(=O)C1=C(O)C(=O)N(Cc2ccc(C(F)(F)F)cc2)C1c1ccc(F)cc1. The van der Waals surface area contributed by atoms with E-state index in [2.05, 4.69) is 0 Å². The average molecular weight is 393 g/mol. The quantitative estimate of drug-likeness (QED) is 0.787. The van der Waals surface area contributed by atoms with Gasteiger partial charge in [-0.15, -0.1) is 0 Å². The Hall–Kier alpha value is -3.16. The minimum Gasteiger partial charge on any atom is -0.503 e. The standard InChI is InChI=1S/C20H15F4NO3/c1-11(26)16-17(13-4-8-15(21)9-5-13)25(19(28)18(16)27)10-12-2-6-14(7-3-12)20(22,23)24/h2-9,17,27H,10H2,1H3. The van der Waals surface area contributed by atoms with Gasteiger partial charge in [-0.05, 0) is 42.3 Å². The molecule has 1 aliphatic heterocycles. The highest BCUT2D eigenvalue weighted by Gasteiger charge is 2.42. The van der Waals surface area contributed by atoms with Gasteiger partial charge in [0.15, 0.2) is 11.5 Å². The highest BCUT2D eigenvalue weighted by atomic mass is 19.4. The molecule has 146 valence electrons. The second kappa shape index (κ2) is 7.10. The number of rotatable bonds is 4. The van der Waals surface area contributed by atoms with Crippen molar-refractivity contribution in [1.82, 2.24) is 4.90 Å². The number of benzene rings is 2. The van der Waals surface area contributed by atoms with Crippen molar-refractivity contribution in [3.63, 3.8) is 0 Å². The molecule has 0 aromatic heterocycles. The van der Waals surface area contributed by atoms with E-state index in [-0.39, 0.29) is 12.1 Å². The molecule has 0 fully saturated rings. The minimum absolute atomic E-state index is 0.136. The lowest BCUT2D eigenvalue weighted by atomic mass is 9.96. The molecule has 3 rings (SSSR count). The van der Waals surface area contributed by atoms with Gasteiger partial charge in [-0.3, -0.25) is 9.59 Å². The van der Waals surface area contributed by atoms with Crippen LogP contribution in [0.5, 0.6) is 0 Å². The molecule has 28 heavy (non-hydrogen) atoms. The first-order chi connectivity index (χ1) is 13.1. The molecule has 0 saturated carbocycles. The zero-order valence-electron chi connectivity index (χ0n) is 14.6. The second-order valence-corrected chi connectivity index (χ2v) is 6.40. The molecule has 0 spiro atoms. The van der Waals surface area contributed by atoms with E-state index in [1.807, 2.05) is 0 Å². The minimum atomic E-state index is -4.49. The molecule has 0 radical (unpaired) electrons. The van der Waals surface area contributed by atoms with Crippen molar-refractivity contribution in [1.29, 1.82) is 0 Å². The highest BCUT2D eigenvalue weighted by Crippen LogP contribution is 2.39. The van der Waals surface area contributed by atoms with Crippen molar-refractivity contribution in [2.75, 3.05) is 0 Å². The average Bonchev–Trinajstić information content (AvgIpc) is 2.87. The van der Waals surface area contributed by atoms with Crippen LogP contribution in [0.1, 0.15) is 29.7 Å². The third kappa shape index (κ3) is 3.62. The molecular formula is C20H15F4NO3. The zero-order valence-corrected chi connectivity index (χ0v) is 14.6. The molecular weight excluding hydrogens is 378 g/mol. The molecule has 2 aromatic carbocycles. The molecule has 4 nitrogen and oxygen atoms in total. The summed E-state index contributed by atoms with van der Waals surface area (Å²) in [4.78, 5) is 25.7. The number of alkyl halides is 3. The van der Waals surface area contributed by atoms with E-state index in [9.17, 15) is 32.3 Å². The number of ketones is 1. The van der Waals surface area contributed by atoms with Crippen LogP contribution in [0.15, 0.2) is 59.9 Å². The van der Waals surface area contributed by atoms with Crippen molar-refractivity contribution >= 4 is 11.7 Å². The molecule has 0 bridgehead atoms. The lowest BCUT2D eigenvalue weighted by molar-refractivity contribution is -0.137. The highest BCUT2D eigenvalue weighted by molar-refractivity contribution is 6.08. The molecule has 8 heteroatoms. The molecule has 1 amide bonds. The molecule has 1 unspecified atom stereocenters. The fourth-order valence-corrected chi connectivity index (χ4v) is 3.16. The number of amides is 1. The first-order valence-corrected chi connectivity index (χ1v) is 8.26. The Morgan fingerprint density at radius 1 is 1.07 bits per heavy atom. The summed E-state index contributed by atoms with van der Waals surface area (Å²) in [5, 5.41) is 10.2. The third-order valence-electron chi connectivity index (χ3n) is 4.50. The van der Waals surface area contributed by atoms with Crippen LogP contribution in [-0.4, -0.2) is 21.7 Å². The van der Waals surface area contributed by atoms with E-state index >= 15 is 0 Å². The Labute approximate surface area is 157 Å². The summed E-state index contributed by atoms with van der Waals surface area (Å²) in [5.41, 5.74) is -0.185. The molecule has 2 aromatic rings. The number of carbonyl (C=O) groups excluding carboxylic acids is 2. The van der Waals surface area contributed by atoms with E-state index in [4.69, 9.17) is 0 Å². The van der Waals surface area contributed by atoms with Crippen molar-refractivity contribution in [2.24, 2.45) is 0 Å². The van der Waals surface area contributed by atoms with Crippen LogP contribution < -0.4 is 0 Å². The predicted molar refractivity (Wildman–Crippen MR) is 91.5 cm³/mol. The largest absolute Gasteiger partial charge is 0.503 e. The number of aliphatic hydroxyl groups excluding tert-OH is 1. The van der Waals surface area contributed by atoms with Gasteiger partial charge in [0, 0.05) is 6.54 Å². The fourth-order valence-electron chi connectivity index (χ4n) is 3.16. The summed E-state index contributed by atoms with van der Waals surface area (Å²) in [6, 6.07) is 8.34. The lowest BCUT2D eigenvalue weighted by Crippen LogP contribution is -2.30. The van der Waals surface area contributed by atoms with Crippen LogP contribution in [0.4, 0.5) is 17.6 Å². The van der Waals surface area contributed by atoms with Crippen LogP contribution in [0.2, 0.25) is 0 Å². The van der Waals surface area contributed by atoms with E-state index in [1.165, 1.54) is 36.1 Å². The monoisotopic (exact) mass is 393 g/mol. The van der Waals surface area contributed by atoms with Gasteiger partial charge in [0.1, 0.15) is 5.82 Å². The second-order valence-electron chi connectivity index (χ2n) is 6.40. The Bertz CT molecular complexity index is 947. The van der Waals surface area contributed by atoms with Crippen molar-refractivity contribution in [2.45, 2.75) is 25.7 Å². The number of halogens is 4. The van der Waals surface area contributed by atoms with E-state index < -0.39 is 41.0 Å². The van der Waals surface area contributed by atoms with Crippen LogP contribution in [0.25, 0.3) is 0 Å². The lowest BCUT2D eigenvalue weighted by Gasteiger charge is -2.27. The summed E-state index contributed by atoms with van der Waals surface area (Å²) >= 11 is 0. The maximum Gasteiger partial charge on any atom is 0.416 e. The topological polar surface area (TPSA) is 57.6 Å². The van der Waals surface area contributed by atoms with Crippen LogP contribution in [0, 0.1) is 5.82 Å². The smallest absolute Gasteiger partial charge is 0.416 e. The van der Waals surface area contributed by atoms with Gasteiger partial charge >= 0.3 is 6.18 Å². The molecule has 1 atom stereocenters. The van der Waals surface area contributed by atoms with E-state index in [0.717, 1.165) is 24.3 Å². The number of Topliss-reactive ketones (excluding diaryl/α,β-unsaturated/α-hetero) is 1. The molecule has 1 N–H and O–H groups in total. The Morgan fingerprint density at radius 2 is 1.64 bits per heavy atom. The first-order valence-electron chi connectivity index (χ1n) is 8.26. The number of hydrogen-bond acceptors (Lipinski definition) is 3. The summed E-state index contributed by atoms with van der Waals surface area (Å²) in [6.45, 7) is 1.05. The fraction of sp³-hybridized carbons (Fsp3) is 0.200. The number of nitrogens with zero attached hydrogens (tertiary/aromatic N) is 1. The number of carbonyl (C=O) groups is 2. The molecule has 1 heterocycles. The molecule has 1 aliphatic rings. The molecule has 0 aliphatic carbocycles. The van der Waals surface area contributed by atoms with Gasteiger partial charge in [-0.2, -0.15) is 13.2 Å². The zero-order chi connectivity index (χ0) is 20.6. The van der Waals surface area contributed by atoms with Gasteiger partial charge in [0.25, 0.3) is 5.91 Å². The first kappa shape index (κ1) is 19.6. The van der Waals surface area contributed by atoms with Crippen molar-refractivity contribution in [3.8, 4) is 0 Å². The van der Waals surface area contributed by atoms with E-state index in [1.54, 1.807) is 0 Å². The van der Waals surface area contributed by atoms with Crippen molar-refractivity contribution in [3.05, 3.63) is 82.4 Å². The maximum atomic E-state index is 13.3. The molecule has 0 saturated heterocycles. The van der Waals surface area contributed by atoms with Gasteiger partial charge < -0.3 is 10.0 Å². The van der Waals surface area contributed by atoms with Gasteiger partial charge in [0.2, 0.25) is 0 Å². The third-order valence-corrected chi connectivity index (χ3v) is 4.50. The Morgan fingerprint density at radius 3 is 2.14 bits per heavy atom. The Balaban J connectivity index is 1.97. The predicted octanol–water partition coefficient (Wildman–Crippen LogP) is 4.33. The van der Waals surface area contributed by atoms with Crippen LogP contribution in [0.3, 0.4) is 0 Å². The summed E-state index contributed by atoms with van der Waals surface area (Å²) in [6.07, 6.45) is -4.49. The number of hydrogen-bond donors (Lipinski definition) is 1. The number of aliphatic hydroxyl groups is 1. The maximum absolute atomic E-state index is 13.3. The van der Waals surface area contributed by atoms with E-state index in [0.29, 0.717) is 11.1 Å². The van der Waals surface area contributed by atoms with Crippen LogP contribution >= 0.6 is 0 Å². The van der Waals surface area contributed by atoms with Gasteiger partial charge in [-0.1, -0.05) is 24.3 Å². The summed E-state index contributed by atoms with van der Waals surface area (Å²) in [7, 11) is 0. The van der Waals surface area contributed by atoms with Gasteiger partial charge in [-0.25, -0.2) is 4.39 Å². The van der Waals surface area contributed by atoms with Crippen LogP contribution in [-0.2, 0) is 22.3 Å². The van der Waals surface area contributed by atoms with Gasteiger partial charge in [0.05, 0.1) is 17.2 Å². The normalized spacial score (nSPS) is 17.4. The van der Waals surface area contributed by atoms with Crippen molar-refractivity contribution < 1.29 is 32.3 Å². The Kier molecular flexibility index (Phi) is 4.97. The summed E-state index contributed by atoms with van der Waals surface area (Å²) < 4.78 is 51.4.